The summed E-state index contributed by atoms with van der Waals surface area (Å²) in [6.45, 7) is 5.94. The van der Waals surface area contributed by atoms with Gasteiger partial charge in [-0.05, 0) is 89.8 Å². The van der Waals surface area contributed by atoms with Crippen molar-refractivity contribution < 1.29 is 48.3 Å². The topological polar surface area (TPSA) is 186 Å². The van der Waals surface area contributed by atoms with Crippen molar-refractivity contribution in [1.82, 2.24) is 16.1 Å². The molecule has 4 rings (SSSR count). The number of carbonyl (C=O) groups is 3. The van der Waals surface area contributed by atoms with Crippen molar-refractivity contribution in [2.24, 2.45) is 5.10 Å². The summed E-state index contributed by atoms with van der Waals surface area (Å²) in [5.41, 5.74) is 5.42. The van der Waals surface area contributed by atoms with Crippen molar-refractivity contribution in [1.29, 1.82) is 0 Å². The van der Waals surface area contributed by atoms with Gasteiger partial charge < -0.3 is 44.5 Å². The van der Waals surface area contributed by atoms with Gasteiger partial charge in [0.1, 0.15) is 13.2 Å². The molecule has 1 aliphatic rings. The molecule has 0 fully saturated rings. The summed E-state index contributed by atoms with van der Waals surface area (Å²) in [4.78, 5) is 35.8. The average molecular weight is 742 g/mol. The molecule has 15 heteroatoms. The van der Waals surface area contributed by atoms with Crippen LogP contribution in [0.5, 0.6) is 23.0 Å². The molecule has 0 saturated heterocycles. The van der Waals surface area contributed by atoms with Crippen LogP contribution in [0.25, 0.3) is 0 Å². The number of rotatable bonds is 16. The van der Waals surface area contributed by atoms with Crippen LogP contribution in [0.1, 0.15) is 53.9 Å². The molecule has 0 spiro atoms. The van der Waals surface area contributed by atoms with Crippen molar-refractivity contribution in [3.8, 4) is 23.0 Å². The Bertz CT molecular complexity index is 1730. The molecule has 0 aliphatic carbocycles. The van der Waals surface area contributed by atoms with Gasteiger partial charge in [0.2, 0.25) is 0 Å². The van der Waals surface area contributed by atoms with Crippen molar-refractivity contribution in [3.63, 3.8) is 0 Å². The van der Waals surface area contributed by atoms with Crippen LogP contribution in [0.4, 0.5) is 4.79 Å². The molecule has 0 saturated carbocycles. The largest absolute Gasteiger partial charge is 0.490 e. The molecule has 14 nitrogen and oxygen atoms in total. The molecule has 3 aromatic carbocycles. The first-order chi connectivity index (χ1) is 23.5. The monoisotopic (exact) mass is 740 g/mol. The van der Waals surface area contributed by atoms with Crippen LogP contribution in [0, 0.1) is 0 Å². The maximum atomic E-state index is 12.5. The first kappa shape index (κ1) is 36.6. The van der Waals surface area contributed by atoms with Crippen LogP contribution in [-0.2, 0) is 16.1 Å². The van der Waals surface area contributed by atoms with Gasteiger partial charge in [0.25, 0.3) is 0 Å². The fourth-order valence-electron chi connectivity index (χ4n) is 4.78. The number of aliphatic hydroxyl groups excluding tert-OH is 1. The van der Waals surface area contributed by atoms with Gasteiger partial charge in [0, 0.05) is 5.70 Å². The van der Waals surface area contributed by atoms with Crippen molar-refractivity contribution in [2.45, 2.75) is 39.6 Å². The molecule has 2 atom stereocenters. The third kappa shape index (κ3) is 9.64. The van der Waals surface area contributed by atoms with Gasteiger partial charge in [0.15, 0.2) is 29.2 Å². The molecule has 0 bridgehead atoms. The number of urea groups is 1. The molecule has 5 N–H and O–H groups in total. The third-order valence-electron chi connectivity index (χ3n) is 7.03. The quantitative estimate of drug-likeness (QED) is 0.0596. The lowest BCUT2D eigenvalue weighted by molar-refractivity contribution is -0.136. The number of hydrogen-bond donors (Lipinski definition) is 5. The number of nitrogens with one attached hydrogen (secondary N) is 3. The molecule has 49 heavy (non-hydrogen) atoms. The average Bonchev–Trinajstić information content (AvgIpc) is 3.07. The maximum absolute atomic E-state index is 12.5. The van der Waals surface area contributed by atoms with Gasteiger partial charge in [-0.2, -0.15) is 5.10 Å². The number of aliphatic hydroxyl groups is 1. The van der Waals surface area contributed by atoms with Crippen molar-refractivity contribution in [2.75, 3.05) is 26.9 Å². The first-order valence-corrected chi connectivity index (χ1v) is 16.0. The van der Waals surface area contributed by atoms with Gasteiger partial charge in [-0.1, -0.05) is 18.2 Å². The Hall–Kier alpha value is -5.28. The molecule has 0 aromatic heterocycles. The molecule has 0 radical (unpaired) electrons. The van der Waals surface area contributed by atoms with Crippen LogP contribution in [0.15, 0.2) is 75.4 Å². The van der Waals surface area contributed by atoms with E-state index in [4.69, 9.17) is 28.8 Å². The van der Waals surface area contributed by atoms with E-state index in [2.05, 4.69) is 37.1 Å². The second-order valence-corrected chi connectivity index (χ2v) is 11.3. The Balaban J connectivity index is 1.39. The number of ether oxygens (including phenoxy) is 5. The minimum absolute atomic E-state index is 0.188. The SMILES string of the molecule is CCOc1cc([C@@H]2NC(=O)NC(C)=C2C(=O)OC)ccc1OC[C@@H](O)N/N=C\c1cc(Br)c(OCc2ccc(C(=O)O)cc2)c(OCC)c1. The number of carboxylic acids is 1. The predicted molar refractivity (Wildman–Crippen MR) is 182 cm³/mol. The summed E-state index contributed by atoms with van der Waals surface area (Å²) in [5.74, 6) is 0.0146. The lowest BCUT2D eigenvalue weighted by Crippen LogP contribution is -2.45. The van der Waals surface area contributed by atoms with Crippen molar-refractivity contribution >= 4 is 40.1 Å². The number of carbonyl (C=O) groups excluding carboxylic acids is 2. The van der Waals surface area contributed by atoms with E-state index in [-0.39, 0.29) is 24.4 Å². The summed E-state index contributed by atoms with van der Waals surface area (Å²) < 4.78 is 28.9. The molecule has 1 aliphatic heterocycles. The van der Waals surface area contributed by atoms with Crippen LogP contribution < -0.4 is 35.0 Å². The Kier molecular flexibility index (Phi) is 12.8. The Morgan fingerprint density at radius 3 is 2.39 bits per heavy atom. The van der Waals surface area contributed by atoms with E-state index in [1.807, 2.05) is 6.92 Å². The molecule has 0 unspecified atom stereocenters. The zero-order valence-electron chi connectivity index (χ0n) is 27.2. The normalized spacial score (nSPS) is 14.8. The molecule has 3 aromatic rings. The zero-order chi connectivity index (χ0) is 35.5. The van der Waals surface area contributed by atoms with E-state index in [0.29, 0.717) is 57.5 Å². The van der Waals surface area contributed by atoms with Crippen LogP contribution in [0.2, 0.25) is 0 Å². The minimum atomic E-state index is -1.20. The van der Waals surface area contributed by atoms with E-state index in [9.17, 15) is 19.5 Å². The van der Waals surface area contributed by atoms with E-state index >= 15 is 0 Å². The highest BCUT2D eigenvalue weighted by Crippen LogP contribution is 2.37. The number of methoxy groups -OCH3 is 1. The van der Waals surface area contributed by atoms with Crippen LogP contribution in [0.3, 0.4) is 0 Å². The second kappa shape index (κ2) is 17.2. The number of halogens is 1. The number of allylic oxidation sites excluding steroid dienone is 1. The highest BCUT2D eigenvalue weighted by atomic mass is 79.9. The van der Waals surface area contributed by atoms with Gasteiger partial charge in [0.05, 0.1) is 48.2 Å². The fraction of sp³-hybridized carbons (Fsp3) is 0.294. The van der Waals surface area contributed by atoms with Gasteiger partial charge in [-0.3, -0.25) is 5.43 Å². The minimum Gasteiger partial charge on any atom is -0.490 e. The number of carboxylic acid groups (broad SMARTS) is 1. The Morgan fingerprint density at radius 1 is 1.00 bits per heavy atom. The molecule has 1 heterocycles. The molecular formula is C34H37BrN4O10. The molecular weight excluding hydrogens is 704 g/mol. The fourth-order valence-corrected chi connectivity index (χ4v) is 5.36. The lowest BCUT2D eigenvalue weighted by atomic mass is 9.95. The summed E-state index contributed by atoms with van der Waals surface area (Å²) >= 11 is 3.52. The van der Waals surface area contributed by atoms with E-state index in [1.165, 1.54) is 25.5 Å². The number of aromatic carboxylic acids is 1. The smallest absolute Gasteiger partial charge is 0.337 e. The number of hydrazone groups is 1. The van der Waals surface area contributed by atoms with E-state index in [1.54, 1.807) is 56.3 Å². The molecule has 2 amide bonds. The standard InChI is InChI=1S/C34H37BrN4O10/c1-5-46-26-15-23(30-29(33(43)45-4)19(3)37-34(44)38-30)11-12-25(26)48-18-28(40)39-36-16-21-13-24(35)31(27(14-21)47-6-2)49-17-20-7-9-22(10-8-20)32(41)42/h7-16,28,30,39-40H,5-6,17-18H2,1-4H3,(H,41,42)(H2,37,38,44)/b36-16-/t28-,30+/m1/s1. The number of benzene rings is 3. The summed E-state index contributed by atoms with van der Waals surface area (Å²) in [6.07, 6.45) is 0.295. The van der Waals surface area contributed by atoms with E-state index in [0.717, 1.165) is 5.56 Å². The Labute approximate surface area is 291 Å². The highest BCUT2D eigenvalue weighted by Gasteiger charge is 2.32. The summed E-state index contributed by atoms with van der Waals surface area (Å²) in [6, 6.07) is 13.6. The number of nitrogens with zero attached hydrogens (tertiary/aromatic N) is 1. The summed E-state index contributed by atoms with van der Waals surface area (Å²) in [7, 11) is 1.26. The van der Waals surface area contributed by atoms with Gasteiger partial charge in [-0.15, -0.1) is 0 Å². The third-order valence-corrected chi connectivity index (χ3v) is 7.61. The van der Waals surface area contributed by atoms with Gasteiger partial charge >= 0.3 is 18.0 Å². The Morgan fingerprint density at radius 2 is 1.71 bits per heavy atom. The maximum Gasteiger partial charge on any atom is 0.337 e. The highest BCUT2D eigenvalue weighted by molar-refractivity contribution is 9.10. The number of amides is 2. The molecule has 260 valence electrons. The van der Waals surface area contributed by atoms with Gasteiger partial charge in [-0.25, -0.2) is 14.4 Å². The van der Waals surface area contributed by atoms with Crippen LogP contribution >= 0.6 is 15.9 Å². The number of esters is 1. The first-order valence-electron chi connectivity index (χ1n) is 15.2. The number of hydrogen-bond acceptors (Lipinski definition) is 11. The summed E-state index contributed by atoms with van der Waals surface area (Å²) in [5, 5.41) is 29.1. The van der Waals surface area contributed by atoms with Crippen LogP contribution in [-0.4, -0.2) is 67.6 Å². The van der Waals surface area contributed by atoms with E-state index < -0.39 is 30.2 Å². The second-order valence-electron chi connectivity index (χ2n) is 10.5. The van der Waals surface area contributed by atoms with Crippen molar-refractivity contribution in [3.05, 3.63) is 92.6 Å². The predicted octanol–water partition coefficient (Wildman–Crippen LogP) is 4.65. The zero-order valence-corrected chi connectivity index (χ0v) is 28.8. The lowest BCUT2D eigenvalue weighted by Gasteiger charge is -2.28.